The number of rotatable bonds is 4. The lowest BCUT2D eigenvalue weighted by atomic mass is 10.1. The Labute approximate surface area is 151 Å². The van der Waals surface area contributed by atoms with Crippen molar-refractivity contribution in [1.29, 1.82) is 0 Å². The van der Waals surface area contributed by atoms with Crippen LogP contribution >= 0.6 is 0 Å². The number of carbonyl (C=O) groups is 2. The van der Waals surface area contributed by atoms with E-state index in [2.05, 4.69) is 15.4 Å². The van der Waals surface area contributed by atoms with Crippen LogP contribution in [0.2, 0.25) is 0 Å². The first-order chi connectivity index (χ1) is 12.3. The van der Waals surface area contributed by atoms with E-state index >= 15 is 0 Å². The molecule has 0 spiro atoms. The van der Waals surface area contributed by atoms with Gasteiger partial charge in [-0.1, -0.05) is 19.1 Å². The summed E-state index contributed by atoms with van der Waals surface area (Å²) in [7, 11) is -3.84. The van der Waals surface area contributed by atoms with Crippen LogP contribution in [0.1, 0.15) is 19.4 Å². The summed E-state index contributed by atoms with van der Waals surface area (Å²) in [6, 6.07) is 11.3. The van der Waals surface area contributed by atoms with E-state index in [-0.39, 0.29) is 10.6 Å². The summed E-state index contributed by atoms with van der Waals surface area (Å²) in [5.41, 5.74) is 2.16. The second kappa shape index (κ2) is 6.80. The van der Waals surface area contributed by atoms with Crippen LogP contribution in [0.15, 0.2) is 47.4 Å². The molecule has 2 aromatic carbocycles. The maximum Gasteiger partial charge on any atom is 0.261 e. The van der Waals surface area contributed by atoms with Gasteiger partial charge in [0.1, 0.15) is 5.92 Å². The molecule has 1 atom stereocenters. The monoisotopic (exact) mass is 373 g/mol. The SMILES string of the molecule is CCc1ccc(NS(=O)(=O)c2ccc3c(c2)NC(=O)C(C)C(=O)N3)cc1. The number of amides is 2. The highest BCUT2D eigenvalue weighted by molar-refractivity contribution is 7.92. The topological polar surface area (TPSA) is 104 Å². The van der Waals surface area contributed by atoms with Gasteiger partial charge in [-0.2, -0.15) is 0 Å². The standard InChI is InChI=1S/C18H19N3O4S/c1-3-12-4-6-13(7-5-12)21-26(24,25)14-8-9-15-16(10-14)20-18(23)11(2)17(22)19-15/h4-11,21H,3H2,1-2H3,(H,19,22)(H,20,23). The van der Waals surface area contributed by atoms with Crippen LogP contribution in [0.4, 0.5) is 17.1 Å². The van der Waals surface area contributed by atoms with Crippen LogP contribution in [0.3, 0.4) is 0 Å². The Morgan fingerprint density at radius 3 is 2.19 bits per heavy atom. The number of anilines is 3. The summed E-state index contributed by atoms with van der Waals surface area (Å²) in [5, 5.41) is 5.19. The van der Waals surface area contributed by atoms with Crippen LogP contribution in [0.5, 0.6) is 0 Å². The Morgan fingerprint density at radius 2 is 1.58 bits per heavy atom. The molecule has 1 aliphatic heterocycles. The van der Waals surface area contributed by atoms with Gasteiger partial charge in [-0.05, 0) is 49.2 Å². The van der Waals surface area contributed by atoms with E-state index in [4.69, 9.17) is 0 Å². The minimum atomic E-state index is -3.84. The van der Waals surface area contributed by atoms with E-state index in [1.54, 1.807) is 12.1 Å². The van der Waals surface area contributed by atoms with Crippen molar-refractivity contribution in [3.63, 3.8) is 0 Å². The minimum absolute atomic E-state index is 0.0140. The normalized spacial score (nSPS) is 16.9. The predicted molar refractivity (Wildman–Crippen MR) is 99.5 cm³/mol. The molecule has 2 amide bonds. The van der Waals surface area contributed by atoms with Crippen molar-refractivity contribution in [3.8, 4) is 0 Å². The molecule has 136 valence electrons. The summed E-state index contributed by atoms with van der Waals surface area (Å²) in [6.45, 7) is 3.50. The van der Waals surface area contributed by atoms with Crippen LogP contribution < -0.4 is 15.4 Å². The van der Waals surface area contributed by atoms with Crippen LogP contribution in [0.25, 0.3) is 0 Å². The number of fused-ring (bicyclic) bond motifs is 1. The van der Waals surface area contributed by atoms with Crippen molar-refractivity contribution in [2.75, 3.05) is 15.4 Å². The van der Waals surface area contributed by atoms with Crippen molar-refractivity contribution in [3.05, 3.63) is 48.0 Å². The molecule has 2 aromatic rings. The van der Waals surface area contributed by atoms with Crippen molar-refractivity contribution < 1.29 is 18.0 Å². The van der Waals surface area contributed by atoms with Crippen LogP contribution in [-0.4, -0.2) is 20.2 Å². The largest absolute Gasteiger partial charge is 0.324 e. The van der Waals surface area contributed by atoms with Gasteiger partial charge in [0.15, 0.2) is 0 Å². The van der Waals surface area contributed by atoms with Gasteiger partial charge in [0.25, 0.3) is 10.0 Å². The maximum atomic E-state index is 12.6. The zero-order valence-corrected chi connectivity index (χ0v) is 15.2. The van der Waals surface area contributed by atoms with E-state index in [1.807, 2.05) is 19.1 Å². The molecule has 0 saturated heterocycles. The maximum absolute atomic E-state index is 12.6. The molecule has 0 aromatic heterocycles. The van der Waals surface area contributed by atoms with Crippen molar-refractivity contribution in [2.45, 2.75) is 25.2 Å². The molecule has 7 nitrogen and oxygen atoms in total. The number of aryl methyl sites for hydroxylation is 1. The summed E-state index contributed by atoms with van der Waals surface area (Å²) in [4.78, 5) is 23.8. The van der Waals surface area contributed by atoms with Crippen molar-refractivity contribution in [2.24, 2.45) is 5.92 Å². The molecule has 3 rings (SSSR count). The predicted octanol–water partition coefficient (Wildman–Crippen LogP) is 2.58. The number of carbonyl (C=O) groups excluding carboxylic acids is 2. The van der Waals surface area contributed by atoms with Gasteiger partial charge in [-0.25, -0.2) is 8.42 Å². The Balaban J connectivity index is 1.90. The summed E-state index contributed by atoms with van der Waals surface area (Å²) < 4.78 is 27.8. The summed E-state index contributed by atoms with van der Waals surface area (Å²) >= 11 is 0. The zero-order chi connectivity index (χ0) is 18.9. The second-order valence-electron chi connectivity index (χ2n) is 6.06. The average Bonchev–Trinajstić information content (AvgIpc) is 2.72. The lowest BCUT2D eigenvalue weighted by Gasteiger charge is -2.12. The Kier molecular flexibility index (Phi) is 4.69. The quantitative estimate of drug-likeness (QED) is 0.717. The zero-order valence-electron chi connectivity index (χ0n) is 14.4. The first kappa shape index (κ1) is 17.9. The van der Waals surface area contributed by atoms with E-state index in [0.717, 1.165) is 12.0 Å². The molecule has 0 fully saturated rings. The first-order valence-electron chi connectivity index (χ1n) is 8.17. The van der Waals surface area contributed by atoms with E-state index in [9.17, 15) is 18.0 Å². The molecule has 1 unspecified atom stereocenters. The van der Waals surface area contributed by atoms with Gasteiger partial charge < -0.3 is 10.6 Å². The fraction of sp³-hybridized carbons (Fsp3) is 0.222. The molecule has 0 radical (unpaired) electrons. The third-order valence-corrected chi connectivity index (χ3v) is 5.60. The fourth-order valence-electron chi connectivity index (χ4n) is 2.53. The molecule has 3 N–H and O–H groups in total. The molecule has 0 bridgehead atoms. The van der Waals surface area contributed by atoms with Gasteiger partial charge in [-0.15, -0.1) is 0 Å². The lowest BCUT2D eigenvalue weighted by molar-refractivity contribution is -0.128. The Hall–Kier alpha value is -2.87. The van der Waals surface area contributed by atoms with Crippen molar-refractivity contribution >= 4 is 38.9 Å². The fourth-order valence-corrected chi connectivity index (χ4v) is 3.61. The minimum Gasteiger partial charge on any atom is -0.324 e. The van der Waals surface area contributed by atoms with Gasteiger partial charge in [0, 0.05) is 5.69 Å². The number of sulfonamides is 1. The van der Waals surface area contributed by atoms with E-state index in [0.29, 0.717) is 11.4 Å². The molecule has 8 heteroatoms. The third-order valence-electron chi connectivity index (χ3n) is 4.22. The molecule has 1 aliphatic rings. The van der Waals surface area contributed by atoms with Gasteiger partial charge in [0.05, 0.1) is 16.3 Å². The van der Waals surface area contributed by atoms with Crippen LogP contribution in [0, 0.1) is 5.92 Å². The van der Waals surface area contributed by atoms with Gasteiger partial charge >= 0.3 is 0 Å². The highest BCUT2D eigenvalue weighted by Crippen LogP contribution is 2.29. The second-order valence-corrected chi connectivity index (χ2v) is 7.75. The summed E-state index contributed by atoms with van der Waals surface area (Å²) in [6.07, 6.45) is 0.863. The molecule has 0 aliphatic carbocycles. The number of hydrogen-bond donors (Lipinski definition) is 3. The van der Waals surface area contributed by atoms with Gasteiger partial charge in [0.2, 0.25) is 11.8 Å². The highest BCUT2D eigenvalue weighted by atomic mass is 32.2. The average molecular weight is 373 g/mol. The van der Waals surface area contributed by atoms with E-state index < -0.39 is 27.8 Å². The Morgan fingerprint density at radius 1 is 0.962 bits per heavy atom. The number of nitrogens with one attached hydrogen (secondary N) is 3. The lowest BCUT2D eigenvalue weighted by Crippen LogP contribution is -2.28. The highest BCUT2D eigenvalue weighted by Gasteiger charge is 2.27. The Bertz CT molecular complexity index is 968. The first-order valence-corrected chi connectivity index (χ1v) is 9.66. The third kappa shape index (κ3) is 3.55. The smallest absolute Gasteiger partial charge is 0.261 e. The molecule has 0 saturated carbocycles. The molecule has 26 heavy (non-hydrogen) atoms. The van der Waals surface area contributed by atoms with E-state index in [1.165, 1.54) is 25.1 Å². The molecular weight excluding hydrogens is 354 g/mol. The molecular formula is C18H19N3O4S. The van der Waals surface area contributed by atoms with Crippen molar-refractivity contribution in [1.82, 2.24) is 0 Å². The van der Waals surface area contributed by atoms with Gasteiger partial charge in [-0.3, -0.25) is 14.3 Å². The number of benzene rings is 2. The molecule has 1 heterocycles. The number of hydrogen-bond acceptors (Lipinski definition) is 4. The van der Waals surface area contributed by atoms with Crippen LogP contribution in [-0.2, 0) is 26.0 Å². The summed E-state index contributed by atoms with van der Waals surface area (Å²) in [5.74, 6) is -1.79.